The number of para-hydroxylation sites is 1. The Bertz CT molecular complexity index is 403. The third-order valence-electron chi connectivity index (χ3n) is 2.39. The zero-order valence-corrected chi connectivity index (χ0v) is 10.6. The van der Waals surface area contributed by atoms with Crippen molar-refractivity contribution >= 4 is 15.5 Å². The zero-order valence-electron chi connectivity index (χ0n) is 9.80. The number of aliphatic hydroxyl groups is 1. The molecule has 5 heteroatoms. The van der Waals surface area contributed by atoms with Gasteiger partial charge in [0.2, 0.25) is 0 Å². The summed E-state index contributed by atoms with van der Waals surface area (Å²) in [6.07, 6.45) is 1.43. The number of benzene rings is 1. The maximum absolute atomic E-state index is 11.3. The average Bonchev–Trinajstić information content (AvgIpc) is 2.30. The van der Waals surface area contributed by atoms with E-state index >= 15 is 0 Å². The molecule has 0 aliphatic heterocycles. The van der Waals surface area contributed by atoms with Gasteiger partial charge in [-0.25, -0.2) is 8.42 Å². The van der Waals surface area contributed by atoms with Gasteiger partial charge in [-0.15, -0.1) is 0 Å². The van der Waals surface area contributed by atoms with E-state index in [0.717, 1.165) is 18.7 Å². The minimum absolute atomic E-state index is 0.126. The van der Waals surface area contributed by atoms with Crippen LogP contribution in [0.25, 0.3) is 0 Å². The van der Waals surface area contributed by atoms with Gasteiger partial charge in [0, 0.05) is 12.2 Å². The van der Waals surface area contributed by atoms with Crippen molar-refractivity contribution < 1.29 is 13.5 Å². The molecule has 0 spiro atoms. The molecule has 2 N–H and O–H groups in total. The van der Waals surface area contributed by atoms with E-state index in [1.807, 2.05) is 30.3 Å². The summed E-state index contributed by atoms with van der Waals surface area (Å²) >= 11 is 0. The molecule has 1 aromatic carbocycles. The first-order chi connectivity index (χ1) is 8.14. The van der Waals surface area contributed by atoms with Gasteiger partial charge in [0.15, 0.2) is 9.84 Å². The summed E-state index contributed by atoms with van der Waals surface area (Å²) in [7, 11) is -3.05. The molecule has 0 saturated heterocycles. The molecular formula is C12H19NO3S. The van der Waals surface area contributed by atoms with Crippen LogP contribution in [0.15, 0.2) is 30.3 Å². The summed E-state index contributed by atoms with van der Waals surface area (Å²) in [4.78, 5) is 0. The largest absolute Gasteiger partial charge is 0.395 e. The number of sulfone groups is 1. The SMILES string of the molecule is O=S(=O)(CCO)CCCCNc1ccccc1. The highest BCUT2D eigenvalue weighted by Crippen LogP contribution is 2.05. The predicted molar refractivity (Wildman–Crippen MR) is 69.9 cm³/mol. The van der Waals surface area contributed by atoms with Crippen LogP contribution in [0, 0.1) is 0 Å². The standard InChI is InChI=1S/C12H19NO3S/c14-9-11-17(15,16)10-5-4-8-13-12-6-2-1-3-7-12/h1-3,6-7,13-14H,4-5,8-11H2. The van der Waals surface area contributed by atoms with Crippen LogP contribution < -0.4 is 5.32 Å². The van der Waals surface area contributed by atoms with Gasteiger partial charge >= 0.3 is 0 Å². The van der Waals surface area contributed by atoms with Crippen molar-refractivity contribution in [3.63, 3.8) is 0 Å². The molecule has 0 fully saturated rings. The maximum atomic E-state index is 11.3. The van der Waals surface area contributed by atoms with Crippen molar-refractivity contribution in [3.05, 3.63) is 30.3 Å². The lowest BCUT2D eigenvalue weighted by Gasteiger charge is -2.06. The normalized spacial score (nSPS) is 11.4. The fourth-order valence-corrected chi connectivity index (χ4v) is 2.60. The van der Waals surface area contributed by atoms with Crippen LogP contribution in [-0.4, -0.2) is 38.2 Å². The highest BCUT2D eigenvalue weighted by atomic mass is 32.2. The molecule has 1 aromatic rings. The van der Waals surface area contributed by atoms with Gasteiger partial charge in [0.25, 0.3) is 0 Å². The minimum Gasteiger partial charge on any atom is -0.395 e. The van der Waals surface area contributed by atoms with Gasteiger partial charge in [0.05, 0.1) is 18.1 Å². The maximum Gasteiger partial charge on any atom is 0.152 e. The molecule has 4 nitrogen and oxygen atoms in total. The van der Waals surface area contributed by atoms with Crippen LogP contribution in [-0.2, 0) is 9.84 Å². The molecule has 0 aliphatic carbocycles. The highest BCUT2D eigenvalue weighted by molar-refractivity contribution is 7.91. The van der Waals surface area contributed by atoms with Crippen LogP contribution in [0.1, 0.15) is 12.8 Å². The molecule has 0 heterocycles. The molecule has 0 atom stereocenters. The van der Waals surface area contributed by atoms with E-state index in [9.17, 15) is 8.42 Å². The molecule has 0 amide bonds. The Morgan fingerprint density at radius 1 is 1.06 bits per heavy atom. The molecule has 96 valence electrons. The molecule has 0 aliphatic rings. The first kappa shape index (κ1) is 14.0. The number of aliphatic hydroxyl groups excluding tert-OH is 1. The lowest BCUT2D eigenvalue weighted by Crippen LogP contribution is -2.14. The van der Waals surface area contributed by atoms with Crippen molar-refractivity contribution in [1.29, 1.82) is 0 Å². The summed E-state index contributed by atoms with van der Waals surface area (Å²) in [6.45, 7) is 0.475. The highest BCUT2D eigenvalue weighted by Gasteiger charge is 2.08. The van der Waals surface area contributed by atoms with Gasteiger partial charge in [-0.2, -0.15) is 0 Å². The van der Waals surface area contributed by atoms with Gasteiger partial charge in [-0.3, -0.25) is 0 Å². The van der Waals surface area contributed by atoms with Gasteiger partial charge < -0.3 is 10.4 Å². The molecule has 0 saturated carbocycles. The number of nitrogens with one attached hydrogen (secondary N) is 1. The van der Waals surface area contributed by atoms with Crippen molar-refractivity contribution in [2.45, 2.75) is 12.8 Å². The second kappa shape index (κ2) is 7.29. The number of rotatable bonds is 8. The van der Waals surface area contributed by atoms with Crippen molar-refractivity contribution in [2.24, 2.45) is 0 Å². The predicted octanol–water partition coefficient (Wildman–Crippen LogP) is 1.29. The van der Waals surface area contributed by atoms with Crippen LogP contribution in [0.3, 0.4) is 0 Å². The zero-order chi connectivity index (χ0) is 12.6. The Morgan fingerprint density at radius 3 is 2.41 bits per heavy atom. The summed E-state index contributed by atoms with van der Waals surface area (Å²) in [5, 5.41) is 11.8. The summed E-state index contributed by atoms with van der Waals surface area (Å²) in [5.74, 6) is 0.0309. The van der Waals surface area contributed by atoms with Crippen LogP contribution >= 0.6 is 0 Å². The molecular weight excluding hydrogens is 238 g/mol. The number of unbranched alkanes of at least 4 members (excludes halogenated alkanes) is 1. The fourth-order valence-electron chi connectivity index (χ4n) is 1.48. The van der Waals surface area contributed by atoms with E-state index in [1.165, 1.54) is 0 Å². The minimum atomic E-state index is -3.05. The quantitative estimate of drug-likeness (QED) is 0.689. The number of anilines is 1. The summed E-state index contributed by atoms with van der Waals surface area (Å²) in [6, 6.07) is 9.81. The number of hydrogen-bond donors (Lipinski definition) is 2. The molecule has 0 aromatic heterocycles. The van der Waals surface area contributed by atoms with E-state index in [2.05, 4.69) is 5.32 Å². The Kier molecular flexibility index (Phi) is 6.00. The first-order valence-electron chi connectivity index (χ1n) is 5.74. The van der Waals surface area contributed by atoms with Gasteiger partial charge in [-0.1, -0.05) is 18.2 Å². The van der Waals surface area contributed by atoms with E-state index in [1.54, 1.807) is 0 Å². The molecule has 17 heavy (non-hydrogen) atoms. The molecule has 0 bridgehead atoms. The Balaban J connectivity index is 2.13. The summed E-state index contributed by atoms with van der Waals surface area (Å²) in [5.41, 5.74) is 1.05. The lowest BCUT2D eigenvalue weighted by molar-refractivity contribution is 0.319. The van der Waals surface area contributed by atoms with E-state index in [0.29, 0.717) is 6.42 Å². The second-order valence-corrected chi connectivity index (χ2v) is 6.18. The molecule has 1 rings (SSSR count). The van der Waals surface area contributed by atoms with Crippen molar-refractivity contribution in [1.82, 2.24) is 0 Å². The smallest absolute Gasteiger partial charge is 0.152 e. The third kappa shape index (κ3) is 6.28. The van der Waals surface area contributed by atoms with E-state index < -0.39 is 9.84 Å². The van der Waals surface area contributed by atoms with E-state index in [4.69, 9.17) is 5.11 Å². The van der Waals surface area contributed by atoms with Crippen molar-refractivity contribution in [3.8, 4) is 0 Å². The van der Waals surface area contributed by atoms with Crippen LogP contribution in [0.2, 0.25) is 0 Å². The van der Waals surface area contributed by atoms with Crippen LogP contribution in [0.4, 0.5) is 5.69 Å². The van der Waals surface area contributed by atoms with Crippen molar-refractivity contribution in [2.75, 3.05) is 30.0 Å². The van der Waals surface area contributed by atoms with Gasteiger partial charge in [-0.05, 0) is 25.0 Å². The van der Waals surface area contributed by atoms with E-state index in [-0.39, 0.29) is 18.1 Å². The molecule has 0 radical (unpaired) electrons. The van der Waals surface area contributed by atoms with Crippen LogP contribution in [0.5, 0.6) is 0 Å². The monoisotopic (exact) mass is 257 g/mol. The third-order valence-corrected chi connectivity index (χ3v) is 4.10. The second-order valence-electron chi connectivity index (χ2n) is 3.88. The molecule has 0 unspecified atom stereocenters. The topological polar surface area (TPSA) is 66.4 Å². The number of hydrogen-bond acceptors (Lipinski definition) is 4. The first-order valence-corrected chi connectivity index (χ1v) is 7.56. The van der Waals surface area contributed by atoms with Gasteiger partial charge in [0.1, 0.15) is 0 Å². The lowest BCUT2D eigenvalue weighted by atomic mass is 10.3. The Hall–Kier alpha value is -1.07. The fraction of sp³-hybridized carbons (Fsp3) is 0.500. The Labute approximate surface area is 103 Å². The summed E-state index contributed by atoms with van der Waals surface area (Å²) < 4.78 is 22.6. The Morgan fingerprint density at radius 2 is 1.76 bits per heavy atom. The average molecular weight is 257 g/mol.